The summed E-state index contributed by atoms with van der Waals surface area (Å²) in [5.74, 6) is -2.32. The Morgan fingerprint density at radius 2 is 1.82 bits per heavy atom. The van der Waals surface area contributed by atoms with E-state index in [2.05, 4.69) is 10.6 Å². The monoisotopic (exact) mass is 459 g/mol. The van der Waals surface area contributed by atoms with Crippen LogP contribution in [0.5, 0.6) is 0 Å². The van der Waals surface area contributed by atoms with Crippen LogP contribution in [-0.4, -0.2) is 62.8 Å². The van der Waals surface area contributed by atoms with Crippen LogP contribution in [0.4, 0.5) is 11.4 Å². The normalized spacial score (nSPS) is 11.2. The summed E-state index contributed by atoms with van der Waals surface area (Å²) < 4.78 is 14.7. The van der Waals surface area contributed by atoms with E-state index >= 15 is 0 Å². The van der Waals surface area contributed by atoms with E-state index < -0.39 is 35.4 Å². The van der Waals surface area contributed by atoms with E-state index in [1.54, 1.807) is 24.3 Å². The molecule has 1 unspecified atom stereocenters. The molecule has 11 nitrogen and oxygen atoms in total. The van der Waals surface area contributed by atoms with Crippen LogP contribution in [0, 0.1) is 10.1 Å². The van der Waals surface area contributed by atoms with Gasteiger partial charge in [0.2, 0.25) is 0 Å². The van der Waals surface area contributed by atoms with Crippen molar-refractivity contribution in [2.45, 2.75) is 12.5 Å². The summed E-state index contributed by atoms with van der Waals surface area (Å²) in [6.07, 6.45) is 0.186. The predicted octanol–water partition coefficient (Wildman–Crippen LogP) is 1.71. The number of nitrogens with zero attached hydrogens (tertiary/aromatic N) is 1. The molecule has 0 bridgehead atoms. The molecule has 2 rings (SSSR count). The Morgan fingerprint density at radius 1 is 1.09 bits per heavy atom. The van der Waals surface area contributed by atoms with Crippen molar-refractivity contribution in [1.82, 2.24) is 5.32 Å². The highest BCUT2D eigenvalue weighted by molar-refractivity contribution is 5.97. The Morgan fingerprint density at radius 3 is 2.45 bits per heavy atom. The van der Waals surface area contributed by atoms with Crippen LogP contribution in [0.15, 0.2) is 48.5 Å². The Kier molecular flexibility index (Phi) is 9.78. The molecule has 33 heavy (non-hydrogen) atoms. The number of methoxy groups -OCH3 is 2. The smallest absolute Gasteiger partial charge is 0.341 e. The minimum Gasteiger partial charge on any atom is -0.467 e. The van der Waals surface area contributed by atoms with E-state index in [0.29, 0.717) is 18.8 Å². The van der Waals surface area contributed by atoms with Crippen molar-refractivity contribution >= 4 is 29.2 Å². The molecule has 176 valence electrons. The Balaban J connectivity index is 2.05. The van der Waals surface area contributed by atoms with E-state index in [9.17, 15) is 24.5 Å². The van der Waals surface area contributed by atoms with E-state index in [1.165, 1.54) is 26.4 Å². The minimum absolute atomic E-state index is 0.109. The van der Waals surface area contributed by atoms with Crippen LogP contribution in [0.3, 0.4) is 0 Å². The number of hydrogen-bond acceptors (Lipinski definition) is 9. The SMILES string of the molecule is COCCNc1ccc([N+](=O)[O-])cc1C(=O)OCC(=O)NC(Cc1ccccc1)C(=O)OC. The number of esters is 2. The molecule has 0 spiro atoms. The second kappa shape index (κ2) is 12.8. The summed E-state index contributed by atoms with van der Waals surface area (Å²) in [6, 6.07) is 11.7. The van der Waals surface area contributed by atoms with Crippen LogP contribution in [0.1, 0.15) is 15.9 Å². The summed E-state index contributed by atoms with van der Waals surface area (Å²) in [6.45, 7) is -0.0130. The summed E-state index contributed by atoms with van der Waals surface area (Å²) in [4.78, 5) is 47.4. The quantitative estimate of drug-likeness (QED) is 0.210. The zero-order valence-electron chi connectivity index (χ0n) is 18.2. The average molecular weight is 459 g/mol. The van der Waals surface area contributed by atoms with Crippen LogP contribution in [0.2, 0.25) is 0 Å². The Bertz CT molecular complexity index is 981. The number of hydrogen-bond donors (Lipinski definition) is 2. The van der Waals surface area contributed by atoms with Crippen molar-refractivity contribution in [3.05, 3.63) is 69.8 Å². The van der Waals surface area contributed by atoms with Crippen LogP contribution in [-0.2, 0) is 30.2 Å². The molecule has 0 fully saturated rings. The van der Waals surface area contributed by atoms with Gasteiger partial charge in [-0.15, -0.1) is 0 Å². The first kappa shape index (κ1) is 25.3. The lowest BCUT2D eigenvalue weighted by molar-refractivity contribution is -0.384. The number of benzene rings is 2. The van der Waals surface area contributed by atoms with Gasteiger partial charge in [-0.25, -0.2) is 9.59 Å². The number of rotatable bonds is 12. The van der Waals surface area contributed by atoms with Gasteiger partial charge in [-0.2, -0.15) is 0 Å². The van der Waals surface area contributed by atoms with Gasteiger partial charge in [-0.3, -0.25) is 14.9 Å². The van der Waals surface area contributed by atoms with Gasteiger partial charge in [-0.05, 0) is 11.6 Å². The molecule has 0 saturated heterocycles. The zero-order chi connectivity index (χ0) is 24.2. The Labute approximate surface area is 190 Å². The van der Waals surface area contributed by atoms with Gasteiger partial charge in [0.25, 0.3) is 11.6 Å². The molecule has 0 aromatic heterocycles. The number of nitro groups is 1. The predicted molar refractivity (Wildman–Crippen MR) is 118 cm³/mol. The van der Waals surface area contributed by atoms with E-state index in [-0.39, 0.29) is 17.7 Å². The third-order valence-electron chi connectivity index (χ3n) is 4.49. The van der Waals surface area contributed by atoms with Crippen LogP contribution >= 0.6 is 0 Å². The maximum atomic E-state index is 12.6. The van der Waals surface area contributed by atoms with E-state index in [1.807, 2.05) is 6.07 Å². The van der Waals surface area contributed by atoms with Crippen molar-refractivity contribution in [1.29, 1.82) is 0 Å². The van der Waals surface area contributed by atoms with Crippen LogP contribution < -0.4 is 10.6 Å². The average Bonchev–Trinajstić information content (AvgIpc) is 2.82. The molecule has 0 aliphatic carbocycles. The zero-order valence-corrected chi connectivity index (χ0v) is 18.2. The molecule has 2 aromatic carbocycles. The number of nitrogens with one attached hydrogen (secondary N) is 2. The summed E-state index contributed by atoms with van der Waals surface area (Å²) in [7, 11) is 2.71. The number of non-ortho nitro benzene ring substituents is 1. The lowest BCUT2D eigenvalue weighted by atomic mass is 10.1. The molecular weight excluding hydrogens is 434 g/mol. The van der Waals surface area contributed by atoms with Gasteiger partial charge >= 0.3 is 11.9 Å². The fraction of sp³-hybridized carbons (Fsp3) is 0.318. The molecule has 2 aromatic rings. The topological polar surface area (TPSA) is 146 Å². The van der Waals surface area contributed by atoms with Gasteiger partial charge < -0.3 is 24.8 Å². The first-order chi connectivity index (χ1) is 15.8. The molecule has 2 N–H and O–H groups in total. The standard InChI is InChI=1S/C22H25N3O8/c1-31-11-10-23-18-9-8-16(25(29)30)13-17(18)21(27)33-14-20(26)24-19(22(28)32-2)12-15-6-4-3-5-7-15/h3-9,13,19,23H,10-12,14H2,1-2H3,(H,24,26). The fourth-order valence-corrected chi connectivity index (χ4v) is 2.89. The van der Waals surface area contributed by atoms with Crippen molar-refractivity contribution in [3.63, 3.8) is 0 Å². The Hall–Kier alpha value is -3.99. The molecule has 0 aliphatic rings. The lowest BCUT2D eigenvalue weighted by Gasteiger charge is -2.17. The largest absolute Gasteiger partial charge is 0.467 e. The highest BCUT2D eigenvalue weighted by Crippen LogP contribution is 2.23. The highest BCUT2D eigenvalue weighted by Gasteiger charge is 2.24. The van der Waals surface area contributed by atoms with Crippen molar-refractivity contribution < 1.29 is 33.5 Å². The number of amides is 1. The van der Waals surface area contributed by atoms with Gasteiger partial charge in [0.15, 0.2) is 6.61 Å². The highest BCUT2D eigenvalue weighted by atomic mass is 16.6. The first-order valence-electron chi connectivity index (χ1n) is 9.95. The van der Waals surface area contributed by atoms with Gasteiger partial charge in [-0.1, -0.05) is 30.3 Å². The molecule has 0 aliphatic heterocycles. The second-order valence-electron chi connectivity index (χ2n) is 6.82. The lowest BCUT2D eigenvalue weighted by Crippen LogP contribution is -2.44. The molecule has 0 radical (unpaired) electrons. The number of anilines is 1. The fourth-order valence-electron chi connectivity index (χ4n) is 2.89. The number of carbonyl (C=O) groups is 3. The van der Waals surface area contributed by atoms with Crippen LogP contribution in [0.25, 0.3) is 0 Å². The summed E-state index contributed by atoms with van der Waals surface area (Å²) >= 11 is 0. The number of carbonyl (C=O) groups excluding carboxylic acids is 3. The molecule has 0 saturated carbocycles. The van der Waals surface area contributed by atoms with E-state index in [0.717, 1.165) is 11.6 Å². The maximum absolute atomic E-state index is 12.6. The minimum atomic E-state index is -0.979. The molecule has 11 heteroatoms. The third kappa shape index (κ3) is 7.89. The van der Waals surface area contributed by atoms with Gasteiger partial charge in [0, 0.05) is 37.9 Å². The van der Waals surface area contributed by atoms with E-state index in [4.69, 9.17) is 14.2 Å². The molecular formula is C22H25N3O8. The summed E-state index contributed by atoms with van der Waals surface area (Å²) in [5, 5.41) is 16.5. The first-order valence-corrected chi connectivity index (χ1v) is 9.95. The maximum Gasteiger partial charge on any atom is 0.341 e. The molecule has 0 heterocycles. The number of nitro benzene ring substituents is 1. The van der Waals surface area contributed by atoms with Gasteiger partial charge in [0.1, 0.15) is 6.04 Å². The van der Waals surface area contributed by atoms with Crippen molar-refractivity contribution in [2.75, 3.05) is 39.3 Å². The molecule has 1 atom stereocenters. The molecule has 1 amide bonds. The van der Waals surface area contributed by atoms with Crippen molar-refractivity contribution in [2.24, 2.45) is 0 Å². The summed E-state index contributed by atoms with van der Waals surface area (Å²) in [5.41, 5.74) is 0.673. The van der Waals surface area contributed by atoms with Crippen molar-refractivity contribution in [3.8, 4) is 0 Å². The second-order valence-corrected chi connectivity index (χ2v) is 6.82. The third-order valence-corrected chi connectivity index (χ3v) is 4.49. The number of ether oxygens (including phenoxy) is 3. The van der Waals surface area contributed by atoms with Gasteiger partial charge in [0.05, 0.1) is 24.2 Å².